The van der Waals surface area contributed by atoms with E-state index in [1.165, 1.54) is 22.2 Å². The van der Waals surface area contributed by atoms with Gasteiger partial charge in [0.05, 0.1) is 11.6 Å². The predicted octanol–water partition coefficient (Wildman–Crippen LogP) is 5.37. The number of anilines is 1. The summed E-state index contributed by atoms with van der Waals surface area (Å²) >= 11 is 0. The van der Waals surface area contributed by atoms with E-state index >= 15 is 0 Å². The van der Waals surface area contributed by atoms with Crippen LogP contribution < -0.4 is 9.64 Å². The summed E-state index contributed by atoms with van der Waals surface area (Å²) in [5.41, 5.74) is 3.75. The molecule has 3 aromatic carbocycles. The normalized spacial score (nSPS) is 22.4. The molecule has 1 atom stereocenters. The van der Waals surface area contributed by atoms with Gasteiger partial charge in [-0.1, -0.05) is 42.5 Å². The van der Waals surface area contributed by atoms with Gasteiger partial charge in [-0.15, -0.1) is 0 Å². The highest BCUT2D eigenvalue weighted by molar-refractivity contribution is 5.98. The monoisotopic (exact) mass is 342 g/mol. The van der Waals surface area contributed by atoms with E-state index in [4.69, 9.17) is 9.73 Å². The molecule has 0 amide bonds. The van der Waals surface area contributed by atoms with Gasteiger partial charge in [0.15, 0.2) is 5.75 Å². The largest absolute Gasteiger partial charge is 0.459 e. The van der Waals surface area contributed by atoms with E-state index in [0.717, 1.165) is 16.8 Å². The maximum Gasteiger partial charge on any atom is 0.228 e. The number of aliphatic imine (C=N–C) groups is 1. The molecule has 2 heterocycles. The number of hydrogen-bond donors (Lipinski definition) is 0. The Morgan fingerprint density at radius 3 is 2.42 bits per heavy atom. The van der Waals surface area contributed by atoms with Crippen molar-refractivity contribution in [1.29, 1.82) is 0 Å². The molecule has 0 saturated heterocycles. The van der Waals surface area contributed by atoms with Crippen LogP contribution in [0.15, 0.2) is 59.6 Å². The Morgan fingerprint density at radius 1 is 0.962 bits per heavy atom. The van der Waals surface area contributed by atoms with Crippen LogP contribution in [0.25, 0.3) is 10.8 Å². The second-order valence-electron chi connectivity index (χ2n) is 7.85. The van der Waals surface area contributed by atoms with Gasteiger partial charge in [0, 0.05) is 18.1 Å². The molecule has 0 fully saturated rings. The highest BCUT2D eigenvalue weighted by Crippen LogP contribution is 2.54. The highest BCUT2D eigenvalue weighted by atomic mass is 16.5. The van der Waals surface area contributed by atoms with Crippen molar-refractivity contribution in [3.05, 3.63) is 65.7 Å². The average Bonchev–Trinajstić information content (AvgIpc) is 2.82. The number of hydrogen-bond acceptors (Lipinski definition) is 3. The van der Waals surface area contributed by atoms with E-state index in [1.807, 2.05) is 6.21 Å². The Bertz CT molecular complexity index is 1080. The van der Waals surface area contributed by atoms with Crippen LogP contribution in [0.1, 0.15) is 25.0 Å². The number of ether oxygens (including phenoxy) is 1. The lowest BCUT2D eigenvalue weighted by Crippen LogP contribution is -2.61. The fourth-order valence-corrected chi connectivity index (χ4v) is 4.58. The fourth-order valence-electron chi connectivity index (χ4n) is 4.58. The van der Waals surface area contributed by atoms with Crippen LogP contribution in [-0.4, -0.2) is 19.0 Å². The SMILES string of the molecule is Cc1cc2c(c3ccccc13)OC1(C=N2)N(C)c2ccccc2C1(C)C. The minimum absolute atomic E-state index is 0.231. The third-order valence-corrected chi connectivity index (χ3v) is 6.15. The van der Waals surface area contributed by atoms with Crippen molar-refractivity contribution in [1.82, 2.24) is 0 Å². The second-order valence-corrected chi connectivity index (χ2v) is 7.85. The second kappa shape index (κ2) is 4.88. The van der Waals surface area contributed by atoms with E-state index in [2.05, 4.69) is 87.3 Å². The quantitative estimate of drug-likeness (QED) is 0.549. The zero-order chi connectivity index (χ0) is 18.1. The van der Waals surface area contributed by atoms with Gasteiger partial charge in [-0.05, 0) is 49.4 Å². The number of likely N-dealkylation sites (N-methyl/N-ethyl adjacent to an activating group) is 1. The van der Waals surface area contributed by atoms with Crippen molar-refractivity contribution in [2.24, 2.45) is 4.99 Å². The minimum atomic E-state index is -0.637. The first-order valence-electron chi connectivity index (χ1n) is 9.06. The Kier molecular flexibility index (Phi) is 2.90. The van der Waals surface area contributed by atoms with Gasteiger partial charge >= 0.3 is 0 Å². The molecule has 3 nitrogen and oxygen atoms in total. The fraction of sp³-hybridized carbons (Fsp3) is 0.261. The highest BCUT2D eigenvalue weighted by Gasteiger charge is 2.58. The molecule has 1 spiro atoms. The summed E-state index contributed by atoms with van der Waals surface area (Å²) < 4.78 is 6.84. The van der Waals surface area contributed by atoms with Crippen LogP contribution >= 0.6 is 0 Å². The third kappa shape index (κ3) is 1.70. The lowest BCUT2D eigenvalue weighted by atomic mass is 9.77. The minimum Gasteiger partial charge on any atom is -0.459 e. The molecule has 3 heteroatoms. The van der Waals surface area contributed by atoms with Crippen LogP contribution in [0, 0.1) is 6.92 Å². The molecule has 0 bridgehead atoms. The Hall–Kier alpha value is -2.81. The lowest BCUT2D eigenvalue weighted by Gasteiger charge is -2.45. The molecule has 0 radical (unpaired) electrons. The summed E-state index contributed by atoms with van der Waals surface area (Å²) in [6.45, 7) is 6.61. The van der Waals surface area contributed by atoms with Crippen LogP contribution in [0.5, 0.6) is 5.75 Å². The smallest absolute Gasteiger partial charge is 0.228 e. The van der Waals surface area contributed by atoms with E-state index in [-0.39, 0.29) is 5.41 Å². The lowest BCUT2D eigenvalue weighted by molar-refractivity contribution is 0.0842. The molecule has 1 unspecified atom stereocenters. The molecule has 2 aliphatic heterocycles. The Balaban J connectivity index is 1.76. The van der Waals surface area contributed by atoms with Crippen molar-refractivity contribution in [3.63, 3.8) is 0 Å². The van der Waals surface area contributed by atoms with E-state index in [9.17, 15) is 0 Å². The number of nitrogens with zero attached hydrogens (tertiary/aromatic N) is 2. The molecule has 26 heavy (non-hydrogen) atoms. The number of aryl methyl sites for hydroxylation is 1. The number of benzene rings is 3. The van der Waals surface area contributed by atoms with Crippen LogP contribution in [0.3, 0.4) is 0 Å². The molecular weight excluding hydrogens is 320 g/mol. The van der Waals surface area contributed by atoms with Gasteiger partial charge in [-0.2, -0.15) is 0 Å². The predicted molar refractivity (Wildman–Crippen MR) is 108 cm³/mol. The molecule has 0 aliphatic carbocycles. The van der Waals surface area contributed by atoms with Crippen molar-refractivity contribution >= 4 is 28.4 Å². The molecule has 0 N–H and O–H groups in total. The standard InChI is InChI=1S/C23H22N2O/c1-15-13-19-21(17-10-6-5-9-16(15)17)26-23(14-24-19)22(2,3)18-11-7-8-12-20(18)25(23)4/h5-14H,1-4H3. The summed E-state index contributed by atoms with van der Waals surface area (Å²) in [6.07, 6.45) is 1.99. The molecular formula is C23H22N2O. The Labute approximate surface area is 153 Å². The van der Waals surface area contributed by atoms with Crippen LogP contribution in [-0.2, 0) is 5.41 Å². The van der Waals surface area contributed by atoms with Crippen molar-refractivity contribution in [2.45, 2.75) is 31.9 Å². The number of rotatable bonds is 0. The number of para-hydroxylation sites is 1. The van der Waals surface area contributed by atoms with Gasteiger partial charge in [0.25, 0.3) is 0 Å². The van der Waals surface area contributed by atoms with Gasteiger partial charge in [0.2, 0.25) is 5.72 Å². The van der Waals surface area contributed by atoms with Crippen molar-refractivity contribution in [2.75, 3.05) is 11.9 Å². The molecule has 5 rings (SSSR count). The molecule has 130 valence electrons. The zero-order valence-corrected chi connectivity index (χ0v) is 15.6. The molecule has 0 saturated carbocycles. The van der Waals surface area contributed by atoms with Gasteiger partial charge < -0.3 is 9.64 Å². The summed E-state index contributed by atoms with van der Waals surface area (Å²) in [4.78, 5) is 7.10. The topological polar surface area (TPSA) is 24.8 Å². The van der Waals surface area contributed by atoms with Gasteiger partial charge in [-0.3, -0.25) is 4.99 Å². The van der Waals surface area contributed by atoms with E-state index in [0.29, 0.717) is 0 Å². The van der Waals surface area contributed by atoms with E-state index < -0.39 is 5.72 Å². The molecule has 0 aromatic heterocycles. The summed E-state index contributed by atoms with van der Waals surface area (Å²) in [5.74, 6) is 0.876. The first-order chi connectivity index (χ1) is 12.5. The summed E-state index contributed by atoms with van der Waals surface area (Å²) in [7, 11) is 2.10. The van der Waals surface area contributed by atoms with Crippen molar-refractivity contribution < 1.29 is 4.74 Å². The zero-order valence-electron chi connectivity index (χ0n) is 15.6. The molecule has 3 aromatic rings. The maximum atomic E-state index is 6.84. The summed E-state index contributed by atoms with van der Waals surface area (Å²) in [5, 5.41) is 2.34. The van der Waals surface area contributed by atoms with Gasteiger partial charge in [-0.25, -0.2) is 0 Å². The first kappa shape index (κ1) is 15.4. The van der Waals surface area contributed by atoms with Crippen LogP contribution in [0.4, 0.5) is 11.4 Å². The third-order valence-electron chi connectivity index (χ3n) is 6.15. The van der Waals surface area contributed by atoms with Crippen LogP contribution in [0.2, 0.25) is 0 Å². The van der Waals surface area contributed by atoms with Crippen molar-refractivity contribution in [3.8, 4) is 5.75 Å². The molecule has 2 aliphatic rings. The van der Waals surface area contributed by atoms with E-state index in [1.54, 1.807) is 0 Å². The van der Waals surface area contributed by atoms with Gasteiger partial charge in [0.1, 0.15) is 5.69 Å². The Morgan fingerprint density at radius 2 is 1.65 bits per heavy atom. The first-order valence-corrected chi connectivity index (χ1v) is 9.06. The number of fused-ring (bicyclic) bond motifs is 4. The maximum absolute atomic E-state index is 6.84. The average molecular weight is 342 g/mol. The summed E-state index contributed by atoms with van der Waals surface area (Å²) in [6, 6.07) is 19.1.